The fourth-order valence-corrected chi connectivity index (χ4v) is 4.19. The smallest absolute Gasteiger partial charge is 0.194 e. The van der Waals surface area contributed by atoms with E-state index in [4.69, 9.17) is 0 Å². The number of fused-ring (bicyclic) bond motifs is 2. The highest BCUT2D eigenvalue weighted by Crippen LogP contribution is 2.47. The van der Waals surface area contributed by atoms with Crippen molar-refractivity contribution in [2.24, 2.45) is 0 Å². The van der Waals surface area contributed by atoms with Crippen LogP contribution >= 0.6 is 0 Å². The molecule has 0 saturated carbocycles. The van der Waals surface area contributed by atoms with Gasteiger partial charge < -0.3 is 10.2 Å². The molecular formula is C26H20O2. The average Bonchev–Trinajstić information content (AvgIpc) is 2.73. The lowest BCUT2D eigenvalue weighted by molar-refractivity contribution is -0.165. The van der Waals surface area contributed by atoms with Crippen molar-refractivity contribution in [2.45, 2.75) is 12.2 Å². The van der Waals surface area contributed by atoms with Crippen molar-refractivity contribution in [1.29, 1.82) is 0 Å². The summed E-state index contributed by atoms with van der Waals surface area (Å²) in [4.78, 5) is 0. The van der Waals surface area contributed by atoms with E-state index < -0.39 is 5.79 Å². The Kier molecular flexibility index (Phi) is 3.90. The molecule has 0 radical (unpaired) electrons. The molecule has 136 valence electrons. The number of hydrogen-bond acceptors (Lipinski definition) is 2. The van der Waals surface area contributed by atoms with Crippen LogP contribution in [-0.4, -0.2) is 10.2 Å². The van der Waals surface area contributed by atoms with Gasteiger partial charge in [-0.2, -0.15) is 0 Å². The molecule has 0 unspecified atom stereocenters. The molecule has 0 spiro atoms. The van der Waals surface area contributed by atoms with E-state index in [1.165, 1.54) is 0 Å². The molecule has 2 nitrogen and oxygen atoms in total. The zero-order valence-corrected chi connectivity index (χ0v) is 15.3. The fraction of sp³-hybridized carbons (Fsp3) is 0.0769. The largest absolute Gasteiger partial charge is 0.362 e. The van der Waals surface area contributed by atoms with E-state index in [-0.39, 0.29) is 6.42 Å². The van der Waals surface area contributed by atoms with Crippen LogP contribution in [0.4, 0.5) is 0 Å². The molecule has 1 aliphatic rings. The molecule has 5 rings (SSSR count). The predicted molar refractivity (Wildman–Crippen MR) is 113 cm³/mol. The zero-order valence-electron chi connectivity index (χ0n) is 15.3. The third kappa shape index (κ3) is 2.75. The first kappa shape index (κ1) is 16.9. The molecule has 0 aliphatic heterocycles. The first-order chi connectivity index (χ1) is 13.6. The van der Waals surface area contributed by atoms with E-state index in [0.717, 1.165) is 38.6 Å². The van der Waals surface area contributed by atoms with Gasteiger partial charge >= 0.3 is 0 Å². The second-order valence-corrected chi connectivity index (χ2v) is 7.32. The monoisotopic (exact) mass is 364 g/mol. The van der Waals surface area contributed by atoms with Gasteiger partial charge in [-0.3, -0.25) is 0 Å². The van der Waals surface area contributed by atoms with Crippen LogP contribution in [0, 0.1) is 0 Å². The summed E-state index contributed by atoms with van der Waals surface area (Å²) < 4.78 is 0. The number of rotatable bonds is 2. The number of benzene rings is 4. The lowest BCUT2D eigenvalue weighted by atomic mass is 9.76. The second-order valence-electron chi connectivity index (χ2n) is 7.32. The maximum absolute atomic E-state index is 11.0. The SMILES string of the molecule is OC1(O)CC(c2ccccc2)=C(c2ccccc2)c2cc3ccccc3cc21. The maximum atomic E-state index is 11.0. The molecule has 0 heterocycles. The van der Waals surface area contributed by atoms with Crippen molar-refractivity contribution < 1.29 is 10.2 Å². The Labute approximate surface area is 164 Å². The molecule has 1 aliphatic carbocycles. The van der Waals surface area contributed by atoms with Gasteiger partial charge in [0.15, 0.2) is 5.79 Å². The summed E-state index contributed by atoms with van der Waals surface area (Å²) in [5, 5.41) is 24.1. The van der Waals surface area contributed by atoms with Crippen LogP contribution in [0.5, 0.6) is 0 Å². The van der Waals surface area contributed by atoms with Crippen LogP contribution in [0.1, 0.15) is 28.7 Å². The summed E-state index contributed by atoms with van der Waals surface area (Å²) in [6, 6.07) is 32.2. The molecule has 0 saturated heterocycles. The van der Waals surface area contributed by atoms with Crippen molar-refractivity contribution in [3.63, 3.8) is 0 Å². The molecule has 0 amide bonds. The Balaban J connectivity index is 1.89. The first-order valence-corrected chi connectivity index (χ1v) is 9.46. The van der Waals surface area contributed by atoms with Gasteiger partial charge in [-0.1, -0.05) is 84.9 Å². The van der Waals surface area contributed by atoms with E-state index in [0.29, 0.717) is 5.56 Å². The van der Waals surface area contributed by atoms with Crippen molar-refractivity contribution in [3.8, 4) is 0 Å². The zero-order chi connectivity index (χ0) is 19.1. The van der Waals surface area contributed by atoms with Crippen molar-refractivity contribution >= 4 is 21.9 Å². The van der Waals surface area contributed by atoms with Crippen molar-refractivity contribution in [1.82, 2.24) is 0 Å². The first-order valence-electron chi connectivity index (χ1n) is 9.46. The molecule has 2 N–H and O–H groups in total. The summed E-state index contributed by atoms with van der Waals surface area (Å²) in [7, 11) is 0. The summed E-state index contributed by atoms with van der Waals surface area (Å²) in [6.45, 7) is 0. The van der Waals surface area contributed by atoms with Gasteiger partial charge in [0.1, 0.15) is 0 Å². The lowest BCUT2D eigenvalue weighted by Gasteiger charge is -2.34. The standard InChI is InChI=1S/C26H20O2/c27-26(28)17-23(18-9-3-1-4-10-18)25(19-11-5-2-6-12-19)22-15-20-13-7-8-14-21(20)16-24(22)26/h1-16,27-28H,17H2. The van der Waals surface area contributed by atoms with Crippen LogP contribution in [0.25, 0.3) is 21.9 Å². The molecule has 4 aromatic carbocycles. The van der Waals surface area contributed by atoms with E-state index in [1.54, 1.807) is 0 Å². The van der Waals surface area contributed by atoms with Crippen molar-refractivity contribution in [2.75, 3.05) is 0 Å². The van der Waals surface area contributed by atoms with Gasteiger partial charge in [0, 0.05) is 12.0 Å². The lowest BCUT2D eigenvalue weighted by Crippen LogP contribution is -2.30. The van der Waals surface area contributed by atoms with E-state index in [2.05, 4.69) is 24.3 Å². The number of hydrogen-bond donors (Lipinski definition) is 2. The van der Waals surface area contributed by atoms with E-state index >= 15 is 0 Å². The maximum Gasteiger partial charge on any atom is 0.194 e. The third-order valence-electron chi connectivity index (χ3n) is 5.50. The highest BCUT2D eigenvalue weighted by atomic mass is 16.5. The quantitative estimate of drug-likeness (QED) is 0.471. The van der Waals surface area contributed by atoms with Gasteiger partial charge in [-0.15, -0.1) is 0 Å². The molecule has 0 bridgehead atoms. The minimum absolute atomic E-state index is 0.145. The molecular weight excluding hydrogens is 344 g/mol. The van der Waals surface area contributed by atoms with Crippen LogP contribution in [0.15, 0.2) is 97.1 Å². The Bertz CT molecular complexity index is 1190. The summed E-state index contributed by atoms with van der Waals surface area (Å²) in [6.07, 6.45) is 0.145. The van der Waals surface area contributed by atoms with Gasteiger partial charge in [-0.05, 0) is 50.7 Å². The molecule has 4 aromatic rings. The molecule has 0 fully saturated rings. The molecule has 0 atom stereocenters. The van der Waals surface area contributed by atoms with E-state index in [9.17, 15) is 10.2 Å². The number of aliphatic hydroxyl groups is 2. The molecule has 28 heavy (non-hydrogen) atoms. The van der Waals surface area contributed by atoms with Crippen LogP contribution in [-0.2, 0) is 5.79 Å². The minimum Gasteiger partial charge on any atom is -0.362 e. The van der Waals surface area contributed by atoms with Crippen LogP contribution in [0.3, 0.4) is 0 Å². The second kappa shape index (κ2) is 6.45. The van der Waals surface area contributed by atoms with Crippen LogP contribution in [0.2, 0.25) is 0 Å². The minimum atomic E-state index is -1.91. The van der Waals surface area contributed by atoms with Crippen LogP contribution < -0.4 is 0 Å². The van der Waals surface area contributed by atoms with Gasteiger partial charge in [0.05, 0.1) is 0 Å². The normalized spacial score (nSPS) is 15.5. The Hall–Kier alpha value is -3.20. The summed E-state index contributed by atoms with van der Waals surface area (Å²) in [5.41, 5.74) is 5.52. The Morgan fingerprint density at radius 1 is 0.607 bits per heavy atom. The van der Waals surface area contributed by atoms with Gasteiger partial charge in [0.2, 0.25) is 0 Å². The Morgan fingerprint density at radius 2 is 1.14 bits per heavy atom. The summed E-state index contributed by atoms with van der Waals surface area (Å²) in [5.74, 6) is -1.91. The highest BCUT2D eigenvalue weighted by molar-refractivity contribution is 6.03. The van der Waals surface area contributed by atoms with Gasteiger partial charge in [0.25, 0.3) is 0 Å². The fourth-order valence-electron chi connectivity index (χ4n) is 4.19. The molecule has 0 aromatic heterocycles. The summed E-state index contributed by atoms with van der Waals surface area (Å²) >= 11 is 0. The average molecular weight is 364 g/mol. The van der Waals surface area contributed by atoms with Gasteiger partial charge in [-0.25, -0.2) is 0 Å². The third-order valence-corrected chi connectivity index (χ3v) is 5.50. The molecule has 2 heteroatoms. The van der Waals surface area contributed by atoms with E-state index in [1.807, 2.05) is 72.8 Å². The topological polar surface area (TPSA) is 40.5 Å². The highest BCUT2D eigenvalue weighted by Gasteiger charge is 2.37. The predicted octanol–water partition coefficient (Wildman–Crippen LogP) is 5.34. The van der Waals surface area contributed by atoms with Crippen molar-refractivity contribution in [3.05, 3.63) is 119 Å². The Morgan fingerprint density at radius 3 is 1.79 bits per heavy atom.